The molecule has 0 fully saturated rings. The van der Waals surface area contributed by atoms with E-state index in [9.17, 15) is 4.79 Å². The normalized spacial score (nSPS) is 12.2. The lowest BCUT2D eigenvalue weighted by atomic mass is 10.1. The monoisotopic (exact) mass is 350 g/mol. The molecular weight excluding hydrogens is 324 g/mol. The Kier molecular flexibility index (Phi) is 4.98. The number of carbonyl (C=O) groups excluding carboxylic acids is 1. The molecule has 0 bridgehead atoms. The fraction of sp³-hybridized carbons (Fsp3) is 0.333. The summed E-state index contributed by atoms with van der Waals surface area (Å²) in [5.41, 5.74) is 5.51. The van der Waals surface area contributed by atoms with Gasteiger partial charge in [0.05, 0.1) is 11.4 Å². The van der Waals surface area contributed by atoms with E-state index in [0.29, 0.717) is 5.69 Å². The average Bonchev–Trinajstić information content (AvgIpc) is 3.20. The van der Waals surface area contributed by atoms with Gasteiger partial charge in [-0.2, -0.15) is 5.10 Å². The Bertz CT molecular complexity index is 935. The lowest BCUT2D eigenvalue weighted by Crippen LogP contribution is -2.33. The highest BCUT2D eigenvalue weighted by atomic mass is 16.2. The summed E-state index contributed by atoms with van der Waals surface area (Å²) in [6.07, 6.45) is 2.86. The van der Waals surface area contributed by atoms with Gasteiger partial charge in [-0.15, -0.1) is 0 Å². The quantitative estimate of drug-likeness (QED) is 0.755. The second-order valence-electron chi connectivity index (χ2n) is 6.90. The molecule has 0 spiro atoms. The van der Waals surface area contributed by atoms with Crippen LogP contribution in [0.1, 0.15) is 41.9 Å². The number of benzene rings is 1. The number of nitrogens with zero attached hydrogens (tertiary/aromatic N) is 3. The van der Waals surface area contributed by atoms with Crippen LogP contribution >= 0.6 is 0 Å². The highest BCUT2D eigenvalue weighted by molar-refractivity contribution is 5.94. The molecule has 3 aromatic rings. The van der Waals surface area contributed by atoms with E-state index >= 15 is 0 Å². The molecule has 2 aromatic heterocycles. The van der Waals surface area contributed by atoms with Crippen LogP contribution in [0.3, 0.4) is 0 Å². The number of nitrogens with one attached hydrogen (secondary N) is 1. The molecule has 0 aliphatic rings. The van der Waals surface area contributed by atoms with Crippen LogP contribution in [0.4, 0.5) is 0 Å². The lowest BCUT2D eigenvalue weighted by molar-refractivity contribution is 0.0931. The fourth-order valence-corrected chi connectivity index (χ4v) is 3.02. The minimum absolute atomic E-state index is 0.104. The summed E-state index contributed by atoms with van der Waals surface area (Å²) in [4.78, 5) is 12.9. The van der Waals surface area contributed by atoms with Gasteiger partial charge in [0, 0.05) is 19.3 Å². The molecule has 0 unspecified atom stereocenters. The van der Waals surface area contributed by atoms with E-state index in [1.54, 1.807) is 4.68 Å². The van der Waals surface area contributed by atoms with Crippen molar-refractivity contribution in [3.8, 4) is 17.1 Å². The third-order valence-electron chi connectivity index (χ3n) is 4.72. The molecule has 1 aromatic carbocycles. The van der Waals surface area contributed by atoms with Crippen molar-refractivity contribution in [1.82, 2.24) is 19.7 Å². The van der Waals surface area contributed by atoms with Gasteiger partial charge in [-0.1, -0.05) is 24.6 Å². The van der Waals surface area contributed by atoms with E-state index in [1.807, 2.05) is 62.0 Å². The molecule has 1 amide bonds. The maximum Gasteiger partial charge on any atom is 0.270 e. The third-order valence-corrected chi connectivity index (χ3v) is 4.72. The number of aryl methyl sites for hydroxylation is 3. The zero-order valence-electron chi connectivity index (χ0n) is 16.1. The molecule has 5 nitrogen and oxygen atoms in total. The Labute approximate surface area is 154 Å². The van der Waals surface area contributed by atoms with Crippen LogP contribution in [0.25, 0.3) is 17.1 Å². The van der Waals surface area contributed by atoms with Gasteiger partial charge in [-0.3, -0.25) is 4.79 Å². The third kappa shape index (κ3) is 3.43. The van der Waals surface area contributed by atoms with Gasteiger partial charge in [0.1, 0.15) is 11.4 Å². The van der Waals surface area contributed by atoms with Gasteiger partial charge < -0.3 is 9.88 Å². The highest BCUT2D eigenvalue weighted by Crippen LogP contribution is 2.24. The summed E-state index contributed by atoms with van der Waals surface area (Å²) in [5, 5.41) is 7.82. The van der Waals surface area contributed by atoms with Crippen LogP contribution in [0.2, 0.25) is 0 Å². The second-order valence-corrected chi connectivity index (χ2v) is 6.90. The van der Waals surface area contributed by atoms with Crippen molar-refractivity contribution < 1.29 is 4.79 Å². The zero-order chi connectivity index (χ0) is 18.8. The molecule has 5 heteroatoms. The minimum atomic E-state index is -0.104. The van der Waals surface area contributed by atoms with Gasteiger partial charge in [0.25, 0.3) is 5.91 Å². The van der Waals surface area contributed by atoms with Crippen LogP contribution in [-0.4, -0.2) is 26.3 Å². The average molecular weight is 350 g/mol. The topological polar surface area (TPSA) is 51.9 Å². The number of hydrogen-bond acceptors (Lipinski definition) is 2. The van der Waals surface area contributed by atoms with E-state index in [2.05, 4.69) is 25.2 Å². The van der Waals surface area contributed by atoms with Crippen molar-refractivity contribution >= 4 is 5.91 Å². The van der Waals surface area contributed by atoms with E-state index in [4.69, 9.17) is 5.10 Å². The number of aromatic nitrogens is 3. The van der Waals surface area contributed by atoms with E-state index in [0.717, 1.165) is 29.1 Å². The van der Waals surface area contributed by atoms with Crippen molar-refractivity contribution in [2.24, 2.45) is 7.05 Å². The first-order chi connectivity index (χ1) is 12.4. The zero-order valence-corrected chi connectivity index (χ0v) is 16.1. The Balaban J connectivity index is 2.13. The molecule has 136 valence electrons. The molecule has 0 saturated heterocycles. The number of carbonyl (C=O) groups is 1. The molecule has 2 heterocycles. The Morgan fingerprint density at radius 3 is 2.62 bits per heavy atom. The van der Waals surface area contributed by atoms with Gasteiger partial charge in [0.2, 0.25) is 0 Å². The first-order valence-electron chi connectivity index (χ1n) is 9.01. The molecule has 1 atom stereocenters. The van der Waals surface area contributed by atoms with E-state index in [1.165, 1.54) is 5.56 Å². The standard InChI is InChI=1S/C21H26N4O/c1-6-16(4)22-21(26)20-13-17(19-8-7-11-24(19)5)23-25(20)18-10-9-14(2)12-15(18)3/h7-13,16H,6H2,1-5H3,(H,22,26)/t16-/m0/s1. The first kappa shape index (κ1) is 18.0. The van der Waals surface area contributed by atoms with Crippen molar-refractivity contribution in [3.05, 3.63) is 59.4 Å². The van der Waals surface area contributed by atoms with Gasteiger partial charge >= 0.3 is 0 Å². The molecule has 0 aliphatic carbocycles. The van der Waals surface area contributed by atoms with Crippen LogP contribution in [0.5, 0.6) is 0 Å². The molecule has 1 N–H and O–H groups in total. The smallest absolute Gasteiger partial charge is 0.270 e. The second kappa shape index (κ2) is 7.20. The van der Waals surface area contributed by atoms with E-state index < -0.39 is 0 Å². The van der Waals surface area contributed by atoms with Crippen molar-refractivity contribution in [1.29, 1.82) is 0 Å². The summed E-state index contributed by atoms with van der Waals surface area (Å²) in [5.74, 6) is -0.104. The van der Waals surface area contributed by atoms with Gasteiger partial charge in [-0.25, -0.2) is 4.68 Å². The maximum absolute atomic E-state index is 12.9. The summed E-state index contributed by atoms with van der Waals surface area (Å²) >= 11 is 0. The van der Waals surface area contributed by atoms with Gasteiger partial charge in [-0.05, 0) is 57.0 Å². The van der Waals surface area contributed by atoms with Crippen LogP contribution in [-0.2, 0) is 7.05 Å². The summed E-state index contributed by atoms with van der Waals surface area (Å²) in [6, 6.07) is 12.1. The van der Waals surface area contributed by atoms with E-state index in [-0.39, 0.29) is 11.9 Å². The van der Waals surface area contributed by atoms with Crippen molar-refractivity contribution in [2.45, 2.75) is 40.2 Å². The number of rotatable bonds is 5. The van der Waals surface area contributed by atoms with Crippen molar-refractivity contribution in [2.75, 3.05) is 0 Å². The Hall–Kier alpha value is -2.82. The molecular formula is C21H26N4O. The highest BCUT2D eigenvalue weighted by Gasteiger charge is 2.20. The summed E-state index contributed by atoms with van der Waals surface area (Å²) in [6.45, 7) is 8.17. The van der Waals surface area contributed by atoms with Crippen LogP contribution < -0.4 is 5.32 Å². The van der Waals surface area contributed by atoms with Crippen LogP contribution in [0.15, 0.2) is 42.6 Å². The van der Waals surface area contributed by atoms with Crippen LogP contribution in [0, 0.1) is 13.8 Å². The molecule has 3 rings (SSSR count). The Morgan fingerprint density at radius 2 is 2.00 bits per heavy atom. The molecule has 26 heavy (non-hydrogen) atoms. The molecule has 0 radical (unpaired) electrons. The minimum Gasteiger partial charge on any atom is -0.349 e. The summed E-state index contributed by atoms with van der Waals surface area (Å²) < 4.78 is 3.76. The predicted octanol–water partition coefficient (Wildman–Crippen LogP) is 4.02. The number of amides is 1. The number of hydrogen-bond donors (Lipinski definition) is 1. The molecule has 0 aliphatic heterocycles. The summed E-state index contributed by atoms with van der Waals surface area (Å²) in [7, 11) is 1.98. The maximum atomic E-state index is 12.9. The largest absolute Gasteiger partial charge is 0.349 e. The van der Waals surface area contributed by atoms with Gasteiger partial charge in [0.15, 0.2) is 0 Å². The Morgan fingerprint density at radius 1 is 1.23 bits per heavy atom. The SMILES string of the molecule is CC[C@H](C)NC(=O)c1cc(-c2cccn2C)nn1-c1ccc(C)cc1C. The lowest BCUT2D eigenvalue weighted by Gasteiger charge is -2.14. The van der Waals surface area contributed by atoms with Crippen molar-refractivity contribution in [3.63, 3.8) is 0 Å². The fourth-order valence-electron chi connectivity index (χ4n) is 3.02. The first-order valence-corrected chi connectivity index (χ1v) is 9.01. The molecule has 0 saturated carbocycles. The predicted molar refractivity (Wildman–Crippen MR) is 105 cm³/mol.